The Morgan fingerprint density at radius 2 is 1.40 bits per heavy atom. The smallest absolute Gasteiger partial charge is 0.207 e. The van der Waals surface area contributed by atoms with Gasteiger partial charge in [-0.2, -0.15) is 0 Å². The van der Waals surface area contributed by atoms with E-state index >= 15 is 0 Å². The minimum absolute atomic E-state index is 0.0184. The van der Waals surface area contributed by atoms with Crippen LogP contribution in [0.3, 0.4) is 0 Å². The Kier molecular flexibility index (Phi) is 3.48. The van der Waals surface area contributed by atoms with Crippen molar-refractivity contribution in [1.82, 2.24) is 0 Å². The van der Waals surface area contributed by atoms with Crippen molar-refractivity contribution in [2.45, 2.75) is 30.6 Å². The maximum atomic E-state index is 12.7. The van der Waals surface area contributed by atoms with Crippen LogP contribution in [0.25, 0.3) is 0 Å². The first kappa shape index (κ1) is 14.4. The van der Waals surface area contributed by atoms with Gasteiger partial charge in [-0.05, 0) is 61.7 Å². The summed E-state index contributed by atoms with van der Waals surface area (Å²) in [5.74, 6) is -0.0319. The standard InChI is InChI=1S/C15H16O4S/c1-9-6-10(2)15(8-13(9)17)20(18,19)14-5-4-12(16)7-11(14)3/h4-8,16-17H,1-3H3. The fourth-order valence-corrected chi connectivity index (χ4v) is 3.88. The molecule has 0 atom stereocenters. The molecule has 0 heterocycles. The second-order valence-corrected chi connectivity index (χ2v) is 6.74. The van der Waals surface area contributed by atoms with E-state index in [1.54, 1.807) is 26.8 Å². The monoisotopic (exact) mass is 292 g/mol. The number of phenols is 2. The van der Waals surface area contributed by atoms with E-state index in [1.807, 2.05) is 0 Å². The van der Waals surface area contributed by atoms with E-state index in [1.165, 1.54) is 24.3 Å². The Hall–Kier alpha value is -2.01. The Bertz CT molecular complexity index is 777. The van der Waals surface area contributed by atoms with E-state index in [2.05, 4.69) is 0 Å². The number of benzene rings is 2. The van der Waals surface area contributed by atoms with Gasteiger partial charge in [0.1, 0.15) is 11.5 Å². The van der Waals surface area contributed by atoms with Crippen molar-refractivity contribution in [3.8, 4) is 11.5 Å². The van der Waals surface area contributed by atoms with E-state index in [-0.39, 0.29) is 21.3 Å². The minimum Gasteiger partial charge on any atom is -0.508 e. The highest BCUT2D eigenvalue weighted by Crippen LogP contribution is 2.31. The van der Waals surface area contributed by atoms with Crippen molar-refractivity contribution in [1.29, 1.82) is 0 Å². The summed E-state index contributed by atoms with van der Waals surface area (Å²) in [6.07, 6.45) is 0. The molecular weight excluding hydrogens is 276 g/mol. The molecule has 106 valence electrons. The van der Waals surface area contributed by atoms with Gasteiger partial charge in [-0.25, -0.2) is 8.42 Å². The van der Waals surface area contributed by atoms with Gasteiger partial charge in [0, 0.05) is 0 Å². The summed E-state index contributed by atoms with van der Waals surface area (Å²) in [7, 11) is -3.73. The Morgan fingerprint density at radius 3 is 2.00 bits per heavy atom. The van der Waals surface area contributed by atoms with Crippen LogP contribution >= 0.6 is 0 Å². The van der Waals surface area contributed by atoms with E-state index in [0.717, 1.165) is 0 Å². The summed E-state index contributed by atoms with van der Waals surface area (Å²) in [4.78, 5) is 0.205. The predicted octanol–water partition coefficient (Wildman–Crippen LogP) is 2.86. The van der Waals surface area contributed by atoms with Crippen LogP contribution < -0.4 is 0 Å². The highest BCUT2D eigenvalue weighted by Gasteiger charge is 2.23. The van der Waals surface area contributed by atoms with Crippen molar-refractivity contribution < 1.29 is 18.6 Å². The van der Waals surface area contributed by atoms with E-state index in [0.29, 0.717) is 16.7 Å². The van der Waals surface area contributed by atoms with Crippen LogP contribution in [0.5, 0.6) is 11.5 Å². The average Bonchev–Trinajstić information content (AvgIpc) is 2.33. The Morgan fingerprint density at radius 1 is 0.800 bits per heavy atom. The number of sulfone groups is 1. The van der Waals surface area contributed by atoms with Crippen molar-refractivity contribution in [2.75, 3.05) is 0 Å². The topological polar surface area (TPSA) is 74.6 Å². The van der Waals surface area contributed by atoms with Crippen molar-refractivity contribution in [2.24, 2.45) is 0 Å². The molecule has 0 bridgehead atoms. The highest BCUT2D eigenvalue weighted by molar-refractivity contribution is 7.91. The SMILES string of the molecule is Cc1cc(C)c(S(=O)(=O)c2ccc(O)cc2C)cc1O. The zero-order valence-electron chi connectivity index (χ0n) is 11.5. The number of aromatic hydroxyl groups is 2. The van der Waals surface area contributed by atoms with Crippen molar-refractivity contribution in [3.63, 3.8) is 0 Å². The molecule has 0 spiro atoms. The van der Waals surface area contributed by atoms with Gasteiger partial charge in [0.2, 0.25) is 9.84 Å². The number of phenolic OH excluding ortho intramolecular Hbond substituents is 2. The molecule has 0 fully saturated rings. The second-order valence-electron chi connectivity index (χ2n) is 4.86. The van der Waals surface area contributed by atoms with E-state index in [9.17, 15) is 18.6 Å². The highest BCUT2D eigenvalue weighted by atomic mass is 32.2. The van der Waals surface area contributed by atoms with Crippen LogP contribution in [0, 0.1) is 20.8 Å². The van der Waals surface area contributed by atoms with Crippen molar-refractivity contribution in [3.05, 3.63) is 47.0 Å². The van der Waals surface area contributed by atoms with E-state index < -0.39 is 9.84 Å². The van der Waals surface area contributed by atoms with Gasteiger partial charge in [0.15, 0.2) is 0 Å². The average molecular weight is 292 g/mol. The van der Waals surface area contributed by atoms with Gasteiger partial charge < -0.3 is 10.2 Å². The molecular formula is C15H16O4S. The van der Waals surface area contributed by atoms with Crippen LogP contribution in [0.1, 0.15) is 16.7 Å². The first-order chi connectivity index (χ1) is 9.23. The molecule has 0 aliphatic carbocycles. The summed E-state index contributed by atoms with van der Waals surface area (Å²) in [5.41, 5.74) is 1.67. The fourth-order valence-electron chi connectivity index (χ4n) is 2.16. The molecule has 4 nitrogen and oxygen atoms in total. The lowest BCUT2D eigenvalue weighted by Gasteiger charge is -2.12. The van der Waals surface area contributed by atoms with Gasteiger partial charge in [-0.1, -0.05) is 6.07 Å². The molecule has 0 radical (unpaired) electrons. The zero-order valence-corrected chi connectivity index (χ0v) is 12.3. The maximum absolute atomic E-state index is 12.7. The van der Waals surface area contributed by atoms with Crippen LogP contribution in [0.4, 0.5) is 0 Å². The molecule has 2 N–H and O–H groups in total. The zero-order chi connectivity index (χ0) is 15.1. The molecule has 2 rings (SSSR count). The normalized spacial score (nSPS) is 11.6. The first-order valence-corrected chi connectivity index (χ1v) is 7.56. The maximum Gasteiger partial charge on any atom is 0.207 e. The molecule has 0 aromatic heterocycles. The summed E-state index contributed by atoms with van der Waals surface area (Å²) in [6.45, 7) is 5.02. The summed E-state index contributed by atoms with van der Waals surface area (Å²) < 4.78 is 25.3. The lowest BCUT2D eigenvalue weighted by atomic mass is 10.1. The summed E-state index contributed by atoms with van der Waals surface area (Å²) >= 11 is 0. The molecule has 5 heteroatoms. The Labute approximate surface area is 118 Å². The largest absolute Gasteiger partial charge is 0.508 e. The number of aryl methyl sites for hydroxylation is 3. The molecule has 20 heavy (non-hydrogen) atoms. The third kappa shape index (κ3) is 2.36. The van der Waals surface area contributed by atoms with Crippen LogP contribution in [0.15, 0.2) is 40.1 Å². The quantitative estimate of drug-likeness (QED) is 0.892. The lowest BCUT2D eigenvalue weighted by Crippen LogP contribution is -2.06. The van der Waals surface area contributed by atoms with Gasteiger partial charge in [0.25, 0.3) is 0 Å². The summed E-state index contributed by atoms with van der Waals surface area (Å²) in [6, 6.07) is 7.01. The van der Waals surface area contributed by atoms with Gasteiger partial charge in [0.05, 0.1) is 9.79 Å². The molecule has 0 amide bonds. The lowest BCUT2D eigenvalue weighted by molar-refractivity contribution is 0.468. The summed E-state index contributed by atoms with van der Waals surface area (Å²) in [5, 5.41) is 19.1. The van der Waals surface area contributed by atoms with E-state index in [4.69, 9.17) is 0 Å². The predicted molar refractivity (Wildman–Crippen MR) is 75.9 cm³/mol. The molecule has 2 aromatic carbocycles. The van der Waals surface area contributed by atoms with Crippen LogP contribution in [-0.4, -0.2) is 18.6 Å². The van der Waals surface area contributed by atoms with Crippen molar-refractivity contribution >= 4 is 9.84 Å². The Balaban J connectivity index is 2.70. The first-order valence-electron chi connectivity index (χ1n) is 6.08. The minimum atomic E-state index is -3.73. The third-order valence-electron chi connectivity index (χ3n) is 3.23. The number of rotatable bonds is 2. The molecule has 0 saturated heterocycles. The molecule has 0 aliphatic rings. The molecule has 0 saturated carbocycles. The molecule has 0 unspecified atom stereocenters. The van der Waals surface area contributed by atoms with Gasteiger partial charge in [-0.3, -0.25) is 0 Å². The third-order valence-corrected chi connectivity index (χ3v) is 5.29. The molecule has 0 aliphatic heterocycles. The van der Waals surface area contributed by atoms with Crippen LogP contribution in [0.2, 0.25) is 0 Å². The second kappa shape index (κ2) is 4.83. The number of hydrogen-bond acceptors (Lipinski definition) is 4. The van der Waals surface area contributed by atoms with Gasteiger partial charge in [-0.15, -0.1) is 0 Å². The van der Waals surface area contributed by atoms with Crippen LogP contribution in [-0.2, 0) is 9.84 Å². The van der Waals surface area contributed by atoms with Gasteiger partial charge >= 0.3 is 0 Å². The molecule has 2 aromatic rings. The fraction of sp³-hybridized carbons (Fsp3) is 0.200. The number of hydrogen-bond donors (Lipinski definition) is 2.